The Morgan fingerprint density at radius 2 is 1.96 bits per heavy atom. The molecule has 0 spiro atoms. The first kappa shape index (κ1) is 16.4. The zero-order valence-corrected chi connectivity index (χ0v) is 15.6. The van der Waals surface area contributed by atoms with Crippen LogP contribution in [0.4, 0.5) is 0 Å². The minimum absolute atomic E-state index is 0.0742. The Balaban J connectivity index is 1.15. The van der Waals surface area contributed by atoms with E-state index in [1.54, 1.807) is 0 Å². The highest BCUT2D eigenvalue weighted by molar-refractivity contribution is 5.91. The standard InChI is InChI=1S/C20H23N5O3/c26-20(21-15-2-3-15)19-23-22-18-6-13-8-24(9-14(13)10-25(18)19)7-12-1-4-16-17(5-12)28-11-27-16/h1,4-5,13-15H,2-3,6-11H2,(H,21,26)/t13-,14+/m0/s1. The molecular formula is C20H23N5O3. The smallest absolute Gasteiger partial charge is 0.289 e. The second kappa shape index (κ2) is 6.20. The van der Waals surface area contributed by atoms with Gasteiger partial charge >= 0.3 is 0 Å². The molecule has 1 saturated carbocycles. The quantitative estimate of drug-likeness (QED) is 0.857. The van der Waals surface area contributed by atoms with Gasteiger partial charge in [0.05, 0.1) is 0 Å². The van der Waals surface area contributed by atoms with Gasteiger partial charge in [-0.15, -0.1) is 10.2 Å². The number of nitrogens with one attached hydrogen (secondary N) is 1. The lowest BCUT2D eigenvalue weighted by molar-refractivity contribution is 0.0932. The van der Waals surface area contributed by atoms with Crippen LogP contribution in [0.1, 0.15) is 34.8 Å². The van der Waals surface area contributed by atoms with Gasteiger partial charge in [0.2, 0.25) is 12.6 Å². The lowest BCUT2D eigenvalue weighted by Crippen LogP contribution is -2.33. The van der Waals surface area contributed by atoms with Gasteiger partial charge < -0.3 is 19.4 Å². The number of likely N-dealkylation sites (tertiary alicyclic amines) is 1. The third kappa shape index (κ3) is 2.83. The first-order chi connectivity index (χ1) is 13.7. The number of ether oxygens (including phenoxy) is 2. The number of rotatable bonds is 4. The van der Waals surface area contributed by atoms with Gasteiger partial charge in [0.15, 0.2) is 11.5 Å². The van der Waals surface area contributed by atoms with Crippen molar-refractivity contribution in [2.45, 2.75) is 38.4 Å². The van der Waals surface area contributed by atoms with Crippen LogP contribution in [0.3, 0.4) is 0 Å². The molecule has 1 N–H and O–H groups in total. The Hall–Kier alpha value is -2.61. The van der Waals surface area contributed by atoms with E-state index in [0.717, 1.165) is 62.8 Å². The number of carbonyl (C=O) groups is 1. The summed E-state index contributed by atoms with van der Waals surface area (Å²) in [7, 11) is 0. The number of amides is 1. The minimum Gasteiger partial charge on any atom is -0.454 e. The van der Waals surface area contributed by atoms with E-state index >= 15 is 0 Å². The van der Waals surface area contributed by atoms with Gasteiger partial charge in [-0.1, -0.05) is 6.07 Å². The molecular weight excluding hydrogens is 358 g/mol. The predicted octanol–water partition coefficient (Wildman–Crippen LogP) is 1.20. The maximum Gasteiger partial charge on any atom is 0.289 e. The first-order valence-electron chi connectivity index (χ1n) is 10.1. The lowest BCUT2D eigenvalue weighted by atomic mass is 9.89. The maximum atomic E-state index is 12.5. The monoisotopic (exact) mass is 381 g/mol. The predicted molar refractivity (Wildman–Crippen MR) is 99.0 cm³/mol. The Morgan fingerprint density at radius 3 is 2.86 bits per heavy atom. The van der Waals surface area contributed by atoms with Gasteiger partial charge in [0.1, 0.15) is 5.82 Å². The average Bonchev–Trinajstić information content (AvgIpc) is 3.07. The fraction of sp³-hybridized carbons (Fsp3) is 0.550. The average molecular weight is 381 g/mol. The van der Waals surface area contributed by atoms with E-state index in [-0.39, 0.29) is 5.91 Å². The normalized spacial score (nSPS) is 25.4. The molecule has 1 aliphatic carbocycles. The van der Waals surface area contributed by atoms with Gasteiger partial charge in [-0.2, -0.15) is 0 Å². The second-order valence-electron chi connectivity index (χ2n) is 8.40. The Kier molecular flexibility index (Phi) is 3.62. The zero-order valence-electron chi connectivity index (χ0n) is 15.6. The third-order valence-electron chi connectivity index (χ3n) is 6.30. The Morgan fingerprint density at radius 1 is 1.11 bits per heavy atom. The molecule has 0 bridgehead atoms. The number of hydrogen-bond donors (Lipinski definition) is 1. The van der Waals surface area contributed by atoms with Crippen molar-refractivity contribution < 1.29 is 14.3 Å². The fourth-order valence-corrected chi connectivity index (χ4v) is 4.69. The molecule has 4 heterocycles. The van der Waals surface area contributed by atoms with Gasteiger partial charge in [0.25, 0.3) is 5.91 Å². The molecule has 1 aromatic heterocycles. The number of benzene rings is 1. The van der Waals surface area contributed by atoms with Crippen LogP contribution in [-0.4, -0.2) is 51.5 Å². The topological polar surface area (TPSA) is 81.5 Å². The van der Waals surface area contributed by atoms with Crippen LogP contribution in [0.25, 0.3) is 0 Å². The van der Waals surface area contributed by atoms with Gasteiger partial charge in [-0.3, -0.25) is 9.69 Å². The molecule has 6 rings (SSSR count). The summed E-state index contributed by atoms with van der Waals surface area (Å²) in [6, 6.07) is 6.53. The van der Waals surface area contributed by atoms with Crippen molar-refractivity contribution in [3.63, 3.8) is 0 Å². The molecule has 0 radical (unpaired) electrons. The van der Waals surface area contributed by atoms with Crippen LogP contribution in [0.2, 0.25) is 0 Å². The highest BCUT2D eigenvalue weighted by atomic mass is 16.7. The summed E-state index contributed by atoms with van der Waals surface area (Å²) in [4.78, 5) is 14.9. The van der Waals surface area contributed by atoms with Crippen LogP contribution in [0.5, 0.6) is 11.5 Å². The first-order valence-corrected chi connectivity index (χ1v) is 10.1. The Bertz CT molecular complexity index is 938. The van der Waals surface area contributed by atoms with E-state index in [2.05, 4.69) is 32.5 Å². The molecule has 28 heavy (non-hydrogen) atoms. The number of aromatic nitrogens is 3. The molecule has 8 heteroatoms. The van der Waals surface area contributed by atoms with Crippen molar-refractivity contribution in [3.05, 3.63) is 35.4 Å². The van der Waals surface area contributed by atoms with Crippen molar-refractivity contribution in [2.75, 3.05) is 19.9 Å². The molecule has 4 aliphatic rings. The van der Waals surface area contributed by atoms with Crippen LogP contribution >= 0.6 is 0 Å². The molecule has 0 unspecified atom stereocenters. The molecule has 2 aromatic rings. The number of hydrogen-bond acceptors (Lipinski definition) is 6. The van der Waals surface area contributed by atoms with Crippen molar-refractivity contribution >= 4 is 5.91 Å². The lowest BCUT2D eigenvalue weighted by Gasteiger charge is -2.25. The molecule has 3 aliphatic heterocycles. The van der Waals surface area contributed by atoms with Crippen LogP contribution in [-0.2, 0) is 19.5 Å². The van der Waals surface area contributed by atoms with Crippen molar-refractivity contribution in [2.24, 2.45) is 11.8 Å². The van der Waals surface area contributed by atoms with E-state index in [1.165, 1.54) is 5.56 Å². The molecule has 2 fully saturated rings. The summed E-state index contributed by atoms with van der Waals surface area (Å²) in [6.07, 6.45) is 3.05. The SMILES string of the molecule is O=C(NC1CC1)c1nnc2n1C[C@H]1CN(Cc3ccc4c(c3)OCO4)C[C@@H]1C2. The summed E-state index contributed by atoms with van der Waals surface area (Å²) in [6.45, 7) is 4.12. The van der Waals surface area contributed by atoms with E-state index in [4.69, 9.17) is 9.47 Å². The maximum absolute atomic E-state index is 12.5. The van der Waals surface area contributed by atoms with Gasteiger partial charge in [-0.25, -0.2) is 0 Å². The van der Waals surface area contributed by atoms with Crippen molar-refractivity contribution in [1.82, 2.24) is 25.0 Å². The van der Waals surface area contributed by atoms with Crippen molar-refractivity contribution in [3.8, 4) is 11.5 Å². The van der Waals surface area contributed by atoms with E-state index in [9.17, 15) is 4.79 Å². The highest BCUT2D eigenvalue weighted by Crippen LogP contribution is 2.36. The van der Waals surface area contributed by atoms with Crippen LogP contribution < -0.4 is 14.8 Å². The summed E-state index contributed by atoms with van der Waals surface area (Å²) < 4.78 is 12.9. The molecule has 8 nitrogen and oxygen atoms in total. The van der Waals surface area contributed by atoms with Crippen molar-refractivity contribution in [1.29, 1.82) is 0 Å². The van der Waals surface area contributed by atoms with E-state index in [1.807, 2.05) is 10.6 Å². The largest absolute Gasteiger partial charge is 0.454 e. The molecule has 2 atom stereocenters. The van der Waals surface area contributed by atoms with E-state index < -0.39 is 0 Å². The number of fused-ring (bicyclic) bond motifs is 3. The molecule has 1 amide bonds. The summed E-state index contributed by atoms with van der Waals surface area (Å²) >= 11 is 0. The van der Waals surface area contributed by atoms with Gasteiger partial charge in [-0.05, 0) is 42.4 Å². The molecule has 146 valence electrons. The second-order valence-corrected chi connectivity index (χ2v) is 8.40. The summed E-state index contributed by atoms with van der Waals surface area (Å²) in [5, 5.41) is 11.5. The third-order valence-corrected chi connectivity index (χ3v) is 6.30. The summed E-state index contributed by atoms with van der Waals surface area (Å²) in [5.41, 5.74) is 1.24. The molecule has 1 saturated heterocycles. The summed E-state index contributed by atoms with van der Waals surface area (Å²) in [5.74, 6) is 4.13. The van der Waals surface area contributed by atoms with Crippen LogP contribution in [0.15, 0.2) is 18.2 Å². The highest BCUT2D eigenvalue weighted by Gasteiger charge is 2.39. The van der Waals surface area contributed by atoms with Gasteiger partial charge in [0, 0.05) is 38.6 Å². The fourth-order valence-electron chi connectivity index (χ4n) is 4.69. The number of carbonyl (C=O) groups excluding carboxylic acids is 1. The zero-order chi connectivity index (χ0) is 18.7. The molecule has 1 aromatic carbocycles. The Labute approximate surface area is 162 Å². The van der Waals surface area contributed by atoms with Crippen LogP contribution in [0, 0.1) is 11.8 Å². The number of nitrogens with zero attached hydrogens (tertiary/aromatic N) is 4. The van der Waals surface area contributed by atoms with E-state index in [0.29, 0.717) is 30.5 Å². The minimum atomic E-state index is -0.0742.